The number of aromatic hydroxyl groups is 1. The number of rotatable bonds is 9. The number of phenols is 1. The van der Waals surface area contributed by atoms with Crippen molar-refractivity contribution in [2.45, 2.75) is 51.3 Å². The van der Waals surface area contributed by atoms with E-state index in [1.807, 2.05) is 18.2 Å². The summed E-state index contributed by atoms with van der Waals surface area (Å²) in [5.74, 6) is 2.00. The first kappa shape index (κ1) is 25.0. The fraction of sp³-hybridized carbons (Fsp3) is 0.379. The molecule has 4 heteroatoms. The molecular formula is C29H38N2OS. The molecule has 176 valence electrons. The standard InChI is InChI=1S/C29H38N2OS/c1-21(20-33-27-19-22(2)18-26(28(27)32)29(3,4)5)16-17-31(6)25-14-12-24(13-15-25)30-23-10-8-7-9-11-23/h7-15,18-19,21,30,32H,16-17,20H2,1-6H3. The van der Waals surface area contributed by atoms with Crippen LogP contribution >= 0.6 is 11.8 Å². The van der Waals surface area contributed by atoms with Gasteiger partial charge in [0.05, 0.1) is 0 Å². The minimum absolute atomic E-state index is 0.0636. The SMILES string of the molecule is Cc1cc(SCC(C)CCN(C)c2ccc(Nc3ccccc3)cc2)c(O)c(C(C)(C)C)c1. The third-order valence-electron chi connectivity index (χ3n) is 5.88. The highest BCUT2D eigenvalue weighted by Gasteiger charge is 2.21. The largest absolute Gasteiger partial charge is 0.506 e. The Bertz CT molecular complexity index is 1030. The quantitative estimate of drug-likeness (QED) is 0.316. The maximum atomic E-state index is 10.8. The van der Waals surface area contributed by atoms with Crippen LogP contribution in [0.25, 0.3) is 0 Å². The predicted octanol–water partition coefficient (Wildman–Crippen LogP) is 8.00. The molecule has 0 saturated heterocycles. The van der Waals surface area contributed by atoms with E-state index in [0.29, 0.717) is 11.7 Å². The number of anilines is 3. The van der Waals surface area contributed by atoms with E-state index in [1.165, 1.54) is 11.3 Å². The van der Waals surface area contributed by atoms with Gasteiger partial charge in [-0.25, -0.2) is 0 Å². The lowest BCUT2D eigenvalue weighted by Gasteiger charge is -2.24. The molecule has 0 aliphatic carbocycles. The molecule has 0 fully saturated rings. The molecule has 0 spiro atoms. The Kier molecular flexibility index (Phi) is 8.36. The number of thioether (sulfide) groups is 1. The zero-order valence-electron chi connectivity index (χ0n) is 20.9. The van der Waals surface area contributed by atoms with Crippen LogP contribution in [0.15, 0.2) is 71.6 Å². The van der Waals surface area contributed by atoms with Crippen molar-refractivity contribution >= 4 is 28.8 Å². The first-order chi connectivity index (χ1) is 15.6. The van der Waals surface area contributed by atoms with Gasteiger partial charge < -0.3 is 15.3 Å². The highest BCUT2D eigenvalue weighted by Crippen LogP contribution is 2.39. The number of nitrogens with one attached hydrogen (secondary N) is 1. The van der Waals surface area contributed by atoms with Crippen LogP contribution in [0.1, 0.15) is 45.2 Å². The van der Waals surface area contributed by atoms with Crippen LogP contribution in [0.3, 0.4) is 0 Å². The highest BCUT2D eigenvalue weighted by atomic mass is 32.2. The highest BCUT2D eigenvalue weighted by molar-refractivity contribution is 7.99. The zero-order chi connectivity index (χ0) is 24.0. The molecule has 0 bridgehead atoms. The lowest BCUT2D eigenvalue weighted by molar-refractivity contribution is 0.434. The Balaban J connectivity index is 1.51. The average molecular weight is 463 g/mol. The van der Waals surface area contributed by atoms with Crippen molar-refractivity contribution in [1.82, 2.24) is 0 Å². The number of nitrogens with zero attached hydrogens (tertiary/aromatic N) is 1. The molecule has 0 aromatic heterocycles. The molecule has 3 aromatic rings. The van der Waals surface area contributed by atoms with Gasteiger partial charge in [-0.1, -0.05) is 52.0 Å². The van der Waals surface area contributed by atoms with Gasteiger partial charge in [0.1, 0.15) is 5.75 Å². The Morgan fingerprint density at radius 3 is 2.24 bits per heavy atom. The van der Waals surface area contributed by atoms with Gasteiger partial charge in [-0.3, -0.25) is 0 Å². The van der Waals surface area contributed by atoms with Crippen LogP contribution in [0.2, 0.25) is 0 Å². The first-order valence-corrected chi connectivity index (χ1v) is 12.7. The molecule has 1 atom stereocenters. The van der Waals surface area contributed by atoms with Gasteiger partial charge in [0, 0.05) is 46.9 Å². The molecule has 0 aliphatic rings. The third-order valence-corrected chi connectivity index (χ3v) is 7.24. The molecule has 0 saturated carbocycles. The fourth-order valence-corrected chi connectivity index (χ4v) is 4.92. The average Bonchev–Trinajstić information content (AvgIpc) is 2.78. The lowest BCUT2D eigenvalue weighted by Crippen LogP contribution is -2.20. The molecule has 0 radical (unpaired) electrons. The maximum absolute atomic E-state index is 10.8. The van der Waals surface area contributed by atoms with E-state index in [4.69, 9.17) is 0 Å². The van der Waals surface area contributed by atoms with Crippen LogP contribution in [0, 0.1) is 12.8 Å². The van der Waals surface area contributed by atoms with Crippen molar-refractivity contribution in [2.24, 2.45) is 5.92 Å². The summed E-state index contributed by atoms with van der Waals surface area (Å²) < 4.78 is 0. The van der Waals surface area contributed by atoms with Gasteiger partial charge in [0.25, 0.3) is 0 Å². The van der Waals surface area contributed by atoms with Gasteiger partial charge in [0.15, 0.2) is 0 Å². The first-order valence-electron chi connectivity index (χ1n) is 11.7. The van der Waals surface area contributed by atoms with Crippen LogP contribution in [-0.2, 0) is 5.41 Å². The van der Waals surface area contributed by atoms with E-state index < -0.39 is 0 Å². The monoisotopic (exact) mass is 462 g/mol. The van der Waals surface area contributed by atoms with Gasteiger partial charge >= 0.3 is 0 Å². The Morgan fingerprint density at radius 2 is 1.61 bits per heavy atom. The smallest absolute Gasteiger partial charge is 0.132 e. The van der Waals surface area contributed by atoms with Crippen LogP contribution in [0.5, 0.6) is 5.75 Å². The second-order valence-electron chi connectivity index (χ2n) is 10.1. The zero-order valence-corrected chi connectivity index (χ0v) is 21.7. The number of hydrogen-bond acceptors (Lipinski definition) is 4. The van der Waals surface area contributed by atoms with Crippen molar-refractivity contribution in [1.29, 1.82) is 0 Å². The predicted molar refractivity (Wildman–Crippen MR) is 145 cm³/mol. The molecule has 2 N–H and O–H groups in total. The number of aryl methyl sites for hydroxylation is 1. The molecule has 3 aromatic carbocycles. The number of hydrogen-bond donors (Lipinski definition) is 2. The van der Waals surface area contributed by atoms with Crippen LogP contribution in [0.4, 0.5) is 17.1 Å². The van der Waals surface area contributed by atoms with Crippen molar-refractivity contribution in [3.8, 4) is 5.75 Å². The lowest BCUT2D eigenvalue weighted by atomic mass is 9.85. The number of benzene rings is 3. The topological polar surface area (TPSA) is 35.5 Å². The van der Waals surface area contributed by atoms with Crippen LogP contribution < -0.4 is 10.2 Å². The summed E-state index contributed by atoms with van der Waals surface area (Å²) in [7, 11) is 2.15. The molecule has 0 heterocycles. The summed E-state index contributed by atoms with van der Waals surface area (Å²) in [6, 6.07) is 23.1. The minimum Gasteiger partial charge on any atom is -0.506 e. The molecule has 33 heavy (non-hydrogen) atoms. The molecule has 3 nitrogen and oxygen atoms in total. The second-order valence-corrected chi connectivity index (χ2v) is 11.1. The molecule has 0 amide bonds. The fourth-order valence-electron chi connectivity index (χ4n) is 3.77. The van der Waals surface area contributed by atoms with E-state index >= 15 is 0 Å². The maximum Gasteiger partial charge on any atom is 0.132 e. The Labute approximate surface area is 204 Å². The summed E-state index contributed by atoms with van der Waals surface area (Å²) in [5.41, 5.74) is 5.58. The van der Waals surface area contributed by atoms with E-state index in [0.717, 1.165) is 40.6 Å². The van der Waals surface area contributed by atoms with Gasteiger partial charge in [0.2, 0.25) is 0 Å². The van der Waals surface area contributed by atoms with Crippen molar-refractivity contribution in [3.05, 3.63) is 77.9 Å². The van der Waals surface area contributed by atoms with Gasteiger partial charge in [-0.2, -0.15) is 0 Å². The molecule has 0 aliphatic heterocycles. The number of para-hydroxylation sites is 1. The van der Waals surface area contributed by atoms with E-state index in [1.54, 1.807) is 11.8 Å². The van der Waals surface area contributed by atoms with E-state index in [2.05, 4.69) is 100 Å². The van der Waals surface area contributed by atoms with Crippen molar-refractivity contribution in [3.63, 3.8) is 0 Å². The van der Waals surface area contributed by atoms with E-state index in [9.17, 15) is 5.11 Å². The van der Waals surface area contributed by atoms with Gasteiger partial charge in [-0.05, 0) is 72.7 Å². The van der Waals surface area contributed by atoms with Gasteiger partial charge in [-0.15, -0.1) is 11.8 Å². The summed E-state index contributed by atoms with van der Waals surface area (Å²) in [5, 5.41) is 14.2. The van der Waals surface area contributed by atoms with Crippen molar-refractivity contribution in [2.75, 3.05) is 29.6 Å². The van der Waals surface area contributed by atoms with Crippen LogP contribution in [-0.4, -0.2) is 24.5 Å². The Morgan fingerprint density at radius 1 is 0.970 bits per heavy atom. The third kappa shape index (κ3) is 7.20. The molecule has 3 rings (SSSR count). The molecular weight excluding hydrogens is 424 g/mol. The summed E-state index contributed by atoms with van der Waals surface area (Å²) >= 11 is 1.77. The number of phenolic OH excluding ortho intramolecular Hbond substituents is 1. The summed E-state index contributed by atoms with van der Waals surface area (Å²) in [4.78, 5) is 3.32. The molecule has 1 unspecified atom stereocenters. The second kappa shape index (κ2) is 11.0. The normalized spacial score (nSPS) is 12.4. The summed E-state index contributed by atoms with van der Waals surface area (Å²) in [6.07, 6.45) is 1.10. The summed E-state index contributed by atoms with van der Waals surface area (Å²) in [6.45, 7) is 11.9. The van der Waals surface area contributed by atoms with E-state index in [-0.39, 0.29) is 5.41 Å². The minimum atomic E-state index is -0.0636. The Hall–Kier alpha value is -2.59. The van der Waals surface area contributed by atoms with Crippen molar-refractivity contribution < 1.29 is 5.11 Å².